The fourth-order valence-electron chi connectivity index (χ4n) is 2.93. The lowest BCUT2D eigenvalue weighted by Gasteiger charge is -2.27. The van der Waals surface area contributed by atoms with Gasteiger partial charge in [0.1, 0.15) is 0 Å². The number of rotatable bonds is 4. The van der Waals surface area contributed by atoms with E-state index < -0.39 is 15.4 Å². The summed E-state index contributed by atoms with van der Waals surface area (Å²) in [5.41, 5.74) is -0.470. The van der Waals surface area contributed by atoms with Crippen LogP contribution in [0.15, 0.2) is 0 Å². The monoisotopic (exact) mass is 274 g/mol. The molecule has 2 aliphatic heterocycles. The molecule has 0 aromatic heterocycles. The van der Waals surface area contributed by atoms with E-state index in [0.717, 1.165) is 32.2 Å². The minimum Gasteiger partial charge on any atom is -0.353 e. The molecule has 2 heterocycles. The van der Waals surface area contributed by atoms with E-state index in [9.17, 15) is 13.2 Å². The first-order chi connectivity index (χ1) is 8.50. The zero-order valence-corrected chi connectivity index (χ0v) is 11.7. The first-order valence-corrected chi connectivity index (χ1v) is 8.47. The topological polar surface area (TPSA) is 75.3 Å². The van der Waals surface area contributed by atoms with Crippen molar-refractivity contribution in [1.29, 1.82) is 0 Å². The van der Waals surface area contributed by atoms with Crippen LogP contribution in [0, 0.1) is 0 Å². The summed E-state index contributed by atoms with van der Waals surface area (Å²) in [4.78, 5) is 12.2. The van der Waals surface area contributed by atoms with Crippen LogP contribution in [-0.2, 0) is 14.6 Å². The molecule has 2 fully saturated rings. The van der Waals surface area contributed by atoms with Gasteiger partial charge in [0.25, 0.3) is 0 Å². The molecule has 18 heavy (non-hydrogen) atoms. The van der Waals surface area contributed by atoms with Gasteiger partial charge in [0, 0.05) is 6.54 Å². The zero-order valence-electron chi connectivity index (χ0n) is 10.9. The van der Waals surface area contributed by atoms with Crippen LogP contribution in [0.1, 0.15) is 39.0 Å². The maximum atomic E-state index is 12.2. The van der Waals surface area contributed by atoms with Gasteiger partial charge < -0.3 is 10.6 Å². The summed E-state index contributed by atoms with van der Waals surface area (Å²) in [5, 5.41) is 5.71. The summed E-state index contributed by atoms with van der Waals surface area (Å²) in [6.07, 6.45) is 3.99. The molecule has 0 spiro atoms. The molecular weight excluding hydrogens is 252 g/mol. The third kappa shape index (κ3) is 2.54. The number of hydrogen-bond acceptors (Lipinski definition) is 4. The molecule has 2 atom stereocenters. The molecule has 2 N–H and O–H groups in total. The van der Waals surface area contributed by atoms with Crippen molar-refractivity contribution < 1.29 is 13.2 Å². The van der Waals surface area contributed by atoms with Crippen LogP contribution in [0.4, 0.5) is 0 Å². The van der Waals surface area contributed by atoms with Crippen LogP contribution in [0.3, 0.4) is 0 Å². The van der Waals surface area contributed by atoms with E-state index in [1.807, 2.05) is 6.92 Å². The van der Waals surface area contributed by atoms with Crippen molar-refractivity contribution in [3.8, 4) is 0 Å². The van der Waals surface area contributed by atoms with Gasteiger partial charge in [-0.2, -0.15) is 0 Å². The second kappa shape index (κ2) is 5.17. The van der Waals surface area contributed by atoms with Crippen molar-refractivity contribution in [1.82, 2.24) is 10.6 Å². The number of carbonyl (C=O) groups is 1. The molecule has 2 rings (SSSR count). The van der Waals surface area contributed by atoms with E-state index in [1.54, 1.807) is 0 Å². The summed E-state index contributed by atoms with van der Waals surface area (Å²) in [6, 6.07) is 0. The second-order valence-corrected chi connectivity index (χ2v) is 7.71. The lowest BCUT2D eigenvalue weighted by molar-refractivity contribution is -0.127. The van der Waals surface area contributed by atoms with E-state index in [1.165, 1.54) is 0 Å². The molecule has 0 aromatic carbocycles. The summed E-state index contributed by atoms with van der Waals surface area (Å²) in [6.45, 7) is 3.12. The first-order valence-electron chi connectivity index (χ1n) is 6.75. The van der Waals surface area contributed by atoms with Gasteiger partial charge >= 0.3 is 0 Å². The highest BCUT2D eigenvalue weighted by Gasteiger charge is 2.40. The second-order valence-electron chi connectivity index (χ2n) is 5.31. The van der Waals surface area contributed by atoms with Crippen LogP contribution >= 0.6 is 0 Å². The fourth-order valence-corrected chi connectivity index (χ4v) is 4.69. The number of nitrogens with one attached hydrogen (secondary N) is 2. The van der Waals surface area contributed by atoms with Gasteiger partial charge in [0.15, 0.2) is 9.84 Å². The number of hydrogen-bond donors (Lipinski definition) is 2. The van der Waals surface area contributed by atoms with Crippen molar-refractivity contribution in [3.05, 3.63) is 0 Å². The lowest BCUT2D eigenvalue weighted by atomic mass is 9.93. The molecular formula is C12H22N2O3S. The SMILES string of the molecule is CCC1(C(=O)NCC2CCCS2(=O)=O)CCCN1. The van der Waals surface area contributed by atoms with Crippen molar-refractivity contribution in [2.75, 3.05) is 18.8 Å². The molecule has 0 aliphatic carbocycles. The van der Waals surface area contributed by atoms with E-state index in [-0.39, 0.29) is 23.5 Å². The van der Waals surface area contributed by atoms with Gasteiger partial charge in [-0.05, 0) is 38.6 Å². The van der Waals surface area contributed by atoms with Crippen molar-refractivity contribution in [3.63, 3.8) is 0 Å². The minimum atomic E-state index is -2.97. The average molecular weight is 274 g/mol. The maximum Gasteiger partial charge on any atom is 0.240 e. The molecule has 104 valence electrons. The molecule has 5 nitrogen and oxygen atoms in total. The van der Waals surface area contributed by atoms with Crippen molar-refractivity contribution in [2.45, 2.75) is 49.8 Å². The van der Waals surface area contributed by atoms with Crippen LogP contribution < -0.4 is 10.6 Å². The lowest BCUT2D eigenvalue weighted by Crippen LogP contribution is -2.54. The summed E-state index contributed by atoms with van der Waals surface area (Å²) in [5.74, 6) is 0.231. The van der Waals surface area contributed by atoms with Crippen LogP contribution in [0.2, 0.25) is 0 Å². The Hall–Kier alpha value is -0.620. The quantitative estimate of drug-likeness (QED) is 0.768. The first kappa shape index (κ1) is 13.8. The van der Waals surface area contributed by atoms with E-state index in [4.69, 9.17) is 0 Å². The minimum absolute atomic E-state index is 0.0374. The maximum absolute atomic E-state index is 12.2. The molecule has 2 aliphatic rings. The largest absolute Gasteiger partial charge is 0.353 e. The van der Waals surface area contributed by atoms with E-state index in [0.29, 0.717) is 6.42 Å². The average Bonchev–Trinajstić information content (AvgIpc) is 2.93. The van der Waals surface area contributed by atoms with Gasteiger partial charge in [0.2, 0.25) is 5.91 Å². The molecule has 6 heteroatoms. The Morgan fingerprint density at radius 3 is 2.72 bits per heavy atom. The Balaban J connectivity index is 1.92. The molecule has 0 radical (unpaired) electrons. The highest BCUT2D eigenvalue weighted by Crippen LogP contribution is 2.24. The van der Waals surface area contributed by atoms with Gasteiger partial charge in [0.05, 0.1) is 16.5 Å². The fraction of sp³-hybridized carbons (Fsp3) is 0.917. The third-order valence-electron chi connectivity index (χ3n) is 4.24. The molecule has 0 saturated carbocycles. The van der Waals surface area contributed by atoms with E-state index in [2.05, 4.69) is 10.6 Å². The van der Waals surface area contributed by atoms with Gasteiger partial charge in [-0.25, -0.2) is 8.42 Å². The Kier molecular flexibility index (Phi) is 3.96. The third-order valence-corrected chi connectivity index (χ3v) is 6.51. The Bertz CT molecular complexity index is 413. The number of amides is 1. The molecule has 0 bridgehead atoms. The Morgan fingerprint density at radius 1 is 1.44 bits per heavy atom. The predicted octanol–water partition coefficient (Wildman–Crippen LogP) is 0.212. The normalized spacial score (nSPS) is 34.6. The summed E-state index contributed by atoms with van der Waals surface area (Å²) >= 11 is 0. The van der Waals surface area contributed by atoms with Crippen LogP contribution in [0.5, 0.6) is 0 Å². The van der Waals surface area contributed by atoms with Crippen molar-refractivity contribution >= 4 is 15.7 Å². The summed E-state index contributed by atoms with van der Waals surface area (Å²) < 4.78 is 23.4. The highest BCUT2D eigenvalue weighted by atomic mass is 32.2. The zero-order chi connectivity index (χ0) is 13.2. The van der Waals surface area contributed by atoms with Crippen LogP contribution in [0.25, 0.3) is 0 Å². The number of sulfone groups is 1. The molecule has 1 amide bonds. The number of carbonyl (C=O) groups excluding carboxylic acids is 1. The summed E-state index contributed by atoms with van der Waals surface area (Å²) in [7, 11) is -2.97. The van der Waals surface area contributed by atoms with Gasteiger partial charge in [-0.1, -0.05) is 6.92 Å². The van der Waals surface area contributed by atoms with Crippen LogP contribution in [-0.4, -0.2) is 44.0 Å². The molecule has 2 saturated heterocycles. The molecule has 0 aromatic rings. The Labute approximate surface area is 109 Å². The van der Waals surface area contributed by atoms with E-state index >= 15 is 0 Å². The molecule has 2 unspecified atom stereocenters. The van der Waals surface area contributed by atoms with Crippen molar-refractivity contribution in [2.24, 2.45) is 0 Å². The Morgan fingerprint density at radius 2 is 2.22 bits per heavy atom. The van der Waals surface area contributed by atoms with Gasteiger partial charge in [-0.3, -0.25) is 4.79 Å². The smallest absolute Gasteiger partial charge is 0.240 e. The standard InChI is InChI=1S/C12H22N2O3S/c1-2-12(6-4-7-14-12)11(15)13-9-10-5-3-8-18(10,16)17/h10,14H,2-9H2,1H3,(H,13,15). The van der Waals surface area contributed by atoms with Gasteiger partial charge in [-0.15, -0.1) is 0 Å². The predicted molar refractivity (Wildman–Crippen MR) is 70.1 cm³/mol. The highest BCUT2D eigenvalue weighted by molar-refractivity contribution is 7.92.